The highest BCUT2D eigenvalue weighted by Crippen LogP contribution is 2.34. The summed E-state index contributed by atoms with van der Waals surface area (Å²) in [5.41, 5.74) is -0.452. The molecule has 2 aromatic rings. The minimum absolute atomic E-state index is 0.0385. The van der Waals surface area contributed by atoms with Crippen LogP contribution >= 0.6 is 0 Å². The molecule has 0 bridgehead atoms. The highest BCUT2D eigenvalue weighted by atomic mass is 19.4. The van der Waals surface area contributed by atoms with E-state index in [4.69, 9.17) is 4.84 Å². The number of rotatable bonds is 3. The zero-order valence-electron chi connectivity index (χ0n) is 20.1. The summed E-state index contributed by atoms with van der Waals surface area (Å²) in [6, 6.07) is 1.07. The number of alkyl carbamates (subject to hydrolysis) is 1. The van der Waals surface area contributed by atoms with E-state index in [-0.39, 0.29) is 37.4 Å². The molecule has 4 rings (SSSR count). The van der Waals surface area contributed by atoms with Crippen molar-refractivity contribution in [1.82, 2.24) is 25.1 Å². The van der Waals surface area contributed by atoms with E-state index < -0.39 is 47.7 Å². The fourth-order valence-electron chi connectivity index (χ4n) is 4.27. The average Bonchev–Trinajstić information content (AvgIpc) is 3.12. The van der Waals surface area contributed by atoms with Crippen LogP contribution in [-0.4, -0.2) is 70.6 Å². The van der Waals surface area contributed by atoms with Gasteiger partial charge in [0.15, 0.2) is 0 Å². The normalized spacial score (nSPS) is 19.6. The summed E-state index contributed by atoms with van der Waals surface area (Å²) in [6.45, 7) is 1.85. The van der Waals surface area contributed by atoms with Crippen molar-refractivity contribution in [2.75, 3.05) is 26.0 Å². The lowest BCUT2D eigenvalue weighted by atomic mass is 9.99. The number of urea groups is 1. The van der Waals surface area contributed by atoms with Gasteiger partial charge in [0.1, 0.15) is 17.6 Å². The molecule has 1 aromatic carbocycles. The average molecular weight is 528 g/mol. The Labute approximate surface area is 208 Å². The molecule has 4 amide bonds. The number of hydrogen-bond donors (Lipinski definition) is 2. The molecule has 200 valence electrons. The first-order valence-electron chi connectivity index (χ1n) is 11.2. The molecule has 2 unspecified atom stereocenters. The van der Waals surface area contributed by atoms with Crippen molar-refractivity contribution >= 4 is 23.7 Å². The van der Waals surface area contributed by atoms with Crippen molar-refractivity contribution in [3.63, 3.8) is 0 Å². The number of alkyl halides is 3. The van der Waals surface area contributed by atoms with E-state index in [9.17, 15) is 31.9 Å². The van der Waals surface area contributed by atoms with Gasteiger partial charge in [-0.25, -0.2) is 19.0 Å². The summed E-state index contributed by atoms with van der Waals surface area (Å²) in [5.74, 6) is -1.97. The zero-order valence-corrected chi connectivity index (χ0v) is 20.1. The molecular formula is C22H24F4N6O5. The first-order chi connectivity index (χ1) is 17.4. The largest absolute Gasteiger partial charge is 0.453 e. The van der Waals surface area contributed by atoms with E-state index in [2.05, 4.69) is 20.5 Å². The maximum Gasteiger partial charge on any atom is 0.419 e. The van der Waals surface area contributed by atoms with Gasteiger partial charge in [-0.1, -0.05) is 0 Å². The Bertz CT molecular complexity index is 1230. The monoisotopic (exact) mass is 528 g/mol. The highest BCUT2D eigenvalue weighted by Gasteiger charge is 2.38. The van der Waals surface area contributed by atoms with Gasteiger partial charge in [0.25, 0.3) is 5.91 Å². The van der Waals surface area contributed by atoms with Crippen LogP contribution < -0.4 is 10.6 Å². The molecule has 0 radical (unpaired) electrons. The number of nitrogens with zero attached hydrogens (tertiary/aromatic N) is 4. The number of carbonyl (C=O) groups excluding carboxylic acids is 3. The second-order valence-corrected chi connectivity index (χ2v) is 8.66. The first kappa shape index (κ1) is 26.2. The second kappa shape index (κ2) is 9.88. The first-order valence-corrected chi connectivity index (χ1v) is 11.2. The van der Waals surface area contributed by atoms with Crippen molar-refractivity contribution in [3.05, 3.63) is 46.5 Å². The third kappa shape index (κ3) is 5.30. The van der Waals surface area contributed by atoms with E-state index in [1.807, 2.05) is 0 Å². The van der Waals surface area contributed by atoms with Crippen LogP contribution in [0.4, 0.5) is 32.8 Å². The van der Waals surface area contributed by atoms with Gasteiger partial charge in [-0.2, -0.15) is 18.3 Å². The van der Waals surface area contributed by atoms with Gasteiger partial charge in [-0.05, 0) is 25.1 Å². The number of ether oxygens (including phenoxy) is 1. The number of fused-ring (bicyclic) bond motifs is 3. The van der Waals surface area contributed by atoms with Crippen molar-refractivity contribution in [3.8, 4) is 0 Å². The molecule has 2 atom stereocenters. The number of aromatic nitrogens is 2. The number of carbonyl (C=O) groups is 3. The van der Waals surface area contributed by atoms with Crippen LogP contribution in [0.3, 0.4) is 0 Å². The number of anilines is 1. The molecule has 0 saturated carbocycles. The Morgan fingerprint density at radius 2 is 2.03 bits per heavy atom. The lowest BCUT2D eigenvalue weighted by molar-refractivity contribution is -0.146. The molecule has 2 N–H and O–H groups in total. The predicted molar refractivity (Wildman–Crippen MR) is 119 cm³/mol. The third-order valence-corrected chi connectivity index (χ3v) is 6.10. The van der Waals surface area contributed by atoms with Crippen LogP contribution in [0.5, 0.6) is 0 Å². The van der Waals surface area contributed by atoms with Crippen molar-refractivity contribution in [2.45, 2.75) is 44.8 Å². The summed E-state index contributed by atoms with van der Waals surface area (Å²) in [4.78, 5) is 44.5. The number of halogens is 4. The SMILES string of the molecule is COC(=O)NCC1Cn2nc3c(c2C(=O)N(C)O1)CN(C(=O)Nc1ccc(F)c(C(F)(F)F)c1)C(C)C3. The summed E-state index contributed by atoms with van der Waals surface area (Å²) in [7, 11) is 2.62. The lowest BCUT2D eigenvalue weighted by Crippen LogP contribution is -2.45. The smallest absolute Gasteiger partial charge is 0.419 e. The molecule has 15 heteroatoms. The lowest BCUT2D eigenvalue weighted by Gasteiger charge is -2.33. The molecule has 0 aliphatic carbocycles. The Morgan fingerprint density at radius 3 is 2.70 bits per heavy atom. The highest BCUT2D eigenvalue weighted by molar-refractivity contribution is 5.94. The molecule has 2 aliphatic heterocycles. The van der Waals surface area contributed by atoms with E-state index in [1.54, 1.807) is 6.92 Å². The number of hydroxylamine groups is 2. The fraction of sp³-hybridized carbons (Fsp3) is 0.455. The third-order valence-electron chi connectivity index (χ3n) is 6.10. The van der Waals surface area contributed by atoms with Crippen LogP contribution in [0.15, 0.2) is 18.2 Å². The molecule has 2 aliphatic rings. The van der Waals surface area contributed by atoms with Crippen molar-refractivity contribution < 1.29 is 41.5 Å². The predicted octanol–water partition coefficient (Wildman–Crippen LogP) is 2.76. The maximum atomic E-state index is 13.6. The van der Waals surface area contributed by atoms with Gasteiger partial charge in [-0.3, -0.25) is 14.3 Å². The van der Waals surface area contributed by atoms with Crippen LogP contribution in [-0.2, 0) is 35.3 Å². The molecule has 11 nitrogen and oxygen atoms in total. The number of amides is 4. The van der Waals surface area contributed by atoms with Gasteiger partial charge >= 0.3 is 18.3 Å². The van der Waals surface area contributed by atoms with E-state index >= 15 is 0 Å². The molecule has 1 aromatic heterocycles. The number of benzene rings is 1. The van der Waals surface area contributed by atoms with Gasteiger partial charge in [0, 0.05) is 30.8 Å². The summed E-state index contributed by atoms with van der Waals surface area (Å²) in [6.07, 6.45) is -5.95. The second-order valence-electron chi connectivity index (χ2n) is 8.66. The Morgan fingerprint density at radius 1 is 1.30 bits per heavy atom. The molecule has 0 spiro atoms. The van der Waals surface area contributed by atoms with E-state index in [1.165, 1.54) is 23.7 Å². The quantitative estimate of drug-likeness (QED) is 0.592. The van der Waals surface area contributed by atoms with Crippen LogP contribution in [0.25, 0.3) is 0 Å². The van der Waals surface area contributed by atoms with Gasteiger partial charge in [0.2, 0.25) is 0 Å². The van der Waals surface area contributed by atoms with Crippen LogP contribution in [0.1, 0.15) is 34.2 Å². The minimum Gasteiger partial charge on any atom is -0.453 e. The van der Waals surface area contributed by atoms with Crippen LogP contribution in [0.2, 0.25) is 0 Å². The number of nitrogens with one attached hydrogen (secondary N) is 2. The summed E-state index contributed by atoms with van der Waals surface area (Å²) in [5, 5.41) is 10.4. The Hall–Kier alpha value is -3.88. The summed E-state index contributed by atoms with van der Waals surface area (Å²) >= 11 is 0. The molecule has 0 saturated heterocycles. The molecule has 37 heavy (non-hydrogen) atoms. The zero-order chi connectivity index (χ0) is 27.1. The molecule has 0 fully saturated rings. The maximum absolute atomic E-state index is 13.6. The Kier molecular flexibility index (Phi) is 6.99. The topological polar surface area (TPSA) is 118 Å². The van der Waals surface area contributed by atoms with Gasteiger partial charge in [0.05, 0.1) is 38.0 Å². The van der Waals surface area contributed by atoms with E-state index in [0.717, 1.165) is 11.1 Å². The van der Waals surface area contributed by atoms with Crippen molar-refractivity contribution in [2.24, 2.45) is 0 Å². The number of hydrogen-bond acceptors (Lipinski definition) is 6. The summed E-state index contributed by atoms with van der Waals surface area (Å²) < 4.78 is 58.8. The van der Waals surface area contributed by atoms with Gasteiger partial charge < -0.3 is 20.3 Å². The fourth-order valence-corrected chi connectivity index (χ4v) is 4.27. The van der Waals surface area contributed by atoms with E-state index in [0.29, 0.717) is 23.4 Å². The molecular weight excluding hydrogens is 504 g/mol. The van der Waals surface area contributed by atoms with Crippen molar-refractivity contribution in [1.29, 1.82) is 0 Å². The standard InChI is InChI=1S/C22H24F4N6O5/c1-11-6-17-14(10-31(11)20(34)28-12-4-5-16(23)15(7-12)22(24,25)26)18-19(33)30(2)37-13(9-32(18)29-17)8-27-21(35)36-3/h4-5,7,11,13H,6,8-10H2,1-3H3,(H,27,35)(H,28,34). The molecule has 3 heterocycles. The van der Waals surface area contributed by atoms with Gasteiger partial charge in [-0.15, -0.1) is 0 Å². The minimum atomic E-state index is -4.92. The van der Waals surface area contributed by atoms with Crippen LogP contribution in [0, 0.1) is 5.82 Å². The Balaban J connectivity index is 1.56. The number of methoxy groups -OCH3 is 1.